The van der Waals surface area contributed by atoms with Gasteiger partial charge in [-0.25, -0.2) is 0 Å². The molecule has 0 aromatic carbocycles. The predicted octanol–water partition coefficient (Wildman–Crippen LogP) is 2.02. The summed E-state index contributed by atoms with van der Waals surface area (Å²) in [6, 6.07) is 3.27. The summed E-state index contributed by atoms with van der Waals surface area (Å²) in [6.45, 7) is 6.52. The summed E-state index contributed by atoms with van der Waals surface area (Å²) >= 11 is 0. The molecule has 1 aliphatic heterocycles. The second kappa shape index (κ2) is 5.61. The molecule has 1 saturated heterocycles. The first-order chi connectivity index (χ1) is 9.40. The zero-order valence-corrected chi connectivity index (χ0v) is 12.0. The molecule has 0 radical (unpaired) electrons. The van der Waals surface area contributed by atoms with Crippen LogP contribution in [0.2, 0.25) is 0 Å². The van der Waals surface area contributed by atoms with Gasteiger partial charge in [0.15, 0.2) is 0 Å². The Bertz CT molecular complexity index is 510. The average molecular weight is 276 g/mol. The lowest BCUT2D eigenvalue weighted by Crippen LogP contribution is -2.34. The fraction of sp³-hybridized carbons (Fsp3) is 0.533. The smallest absolute Gasteiger partial charge is 0.309 e. The number of likely N-dealkylation sites (tertiary alicyclic amines) is 1. The Morgan fingerprint density at radius 3 is 2.70 bits per heavy atom. The van der Waals surface area contributed by atoms with Crippen LogP contribution in [0, 0.1) is 18.8 Å². The summed E-state index contributed by atoms with van der Waals surface area (Å²) in [5.74, 6) is -1.45. The maximum atomic E-state index is 12.1. The van der Waals surface area contributed by atoms with Crippen LogP contribution in [-0.2, 0) is 9.59 Å². The maximum Gasteiger partial charge on any atom is 0.309 e. The van der Waals surface area contributed by atoms with E-state index in [1.54, 1.807) is 11.1 Å². The van der Waals surface area contributed by atoms with Crippen molar-refractivity contribution in [1.82, 2.24) is 9.88 Å². The summed E-state index contributed by atoms with van der Waals surface area (Å²) in [5.41, 5.74) is 1.68. The number of carbonyl (C=O) groups is 2. The van der Waals surface area contributed by atoms with Crippen molar-refractivity contribution in [3.8, 4) is 0 Å². The van der Waals surface area contributed by atoms with E-state index < -0.39 is 17.9 Å². The third-order valence-electron chi connectivity index (χ3n) is 3.55. The van der Waals surface area contributed by atoms with Crippen LogP contribution in [0.3, 0.4) is 0 Å². The van der Waals surface area contributed by atoms with Gasteiger partial charge < -0.3 is 10.0 Å². The lowest BCUT2D eigenvalue weighted by Gasteiger charge is -2.28. The van der Waals surface area contributed by atoms with E-state index in [9.17, 15) is 14.7 Å². The molecule has 1 amide bonds. The maximum absolute atomic E-state index is 12.1. The molecule has 1 aromatic heterocycles. The Morgan fingerprint density at radius 2 is 2.20 bits per heavy atom. The van der Waals surface area contributed by atoms with E-state index in [0.29, 0.717) is 18.2 Å². The zero-order chi connectivity index (χ0) is 14.9. The summed E-state index contributed by atoms with van der Waals surface area (Å²) in [4.78, 5) is 29.5. The second-order valence-electron chi connectivity index (χ2n) is 5.79. The van der Waals surface area contributed by atoms with Crippen molar-refractivity contribution in [3.05, 3.63) is 29.6 Å². The molecule has 1 aromatic rings. The minimum absolute atomic E-state index is 0.0578. The second-order valence-corrected chi connectivity index (χ2v) is 5.79. The highest BCUT2D eigenvalue weighted by Crippen LogP contribution is 2.37. The first-order valence-corrected chi connectivity index (χ1v) is 6.85. The fourth-order valence-corrected chi connectivity index (χ4v) is 2.64. The number of nitrogens with zero attached hydrogens (tertiary/aromatic N) is 2. The number of carboxylic acids is 1. The average Bonchev–Trinajstić information content (AvgIpc) is 2.68. The SMILES string of the molecule is Cc1ccc(C2C(C(=O)O)CC(=O)N2CC(C)C)nc1. The van der Waals surface area contributed by atoms with Crippen molar-refractivity contribution in [2.24, 2.45) is 11.8 Å². The summed E-state index contributed by atoms with van der Waals surface area (Å²) in [7, 11) is 0. The summed E-state index contributed by atoms with van der Waals surface area (Å²) in [5, 5.41) is 9.36. The standard InChI is InChI=1S/C15H20N2O3/c1-9(2)8-17-13(18)6-11(15(19)20)14(17)12-5-4-10(3)7-16-12/h4-5,7,9,11,14H,6,8H2,1-3H3,(H,19,20). The van der Waals surface area contributed by atoms with Crippen LogP contribution in [0.25, 0.3) is 0 Å². The number of rotatable bonds is 4. The van der Waals surface area contributed by atoms with Gasteiger partial charge in [-0.15, -0.1) is 0 Å². The van der Waals surface area contributed by atoms with Crippen molar-refractivity contribution in [3.63, 3.8) is 0 Å². The van der Waals surface area contributed by atoms with Gasteiger partial charge in [0, 0.05) is 19.2 Å². The lowest BCUT2D eigenvalue weighted by molar-refractivity contribution is -0.142. The van der Waals surface area contributed by atoms with Crippen LogP contribution in [0.5, 0.6) is 0 Å². The molecule has 0 spiro atoms. The fourth-order valence-electron chi connectivity index (χ4n) is 2.64. The van der Waals surface area contributed by atoms with Gasteiger partial charge in [0.1, 0.15) is 0 Å². The molecule has 1 fully saturated rings. The number of aliphatic carboxylic acids is 1. The molecule has 2 rings (SSSR count). The van der Waals surface area contributed by atoms with Gasteiger partial charge in [0.25, 0.3) is 0 Å². The monoisotopic (exact) mass is 276 g/mol. The number of hydrogen-bond donors (Lipinski definition) is 1. The molecular formula is C15H20N2O3. The Kier molecular flexibility index (Phi) is 4.06. The van der Waals surface area contributed by atoms with Crippen molar-refractivity contribution in [2.75, 3.05) is 6.54 Å². The zero-order valence-electron chi connectivity index (χ0n) is 12.0. The van der Waals surface area contributed by atoms with Crippen LogP contribution in [0.1, 0.15) is 37.6 Å². The van der Waals surface area contributed by atoms with Crippen molar-refractivity contribution >= 4 is 11.9 Å². The minimum Gasteiger partial charge on any atom is -0.481 e. The largest absolute Gasteiger partial charge is 0.481 e. The van der Waals surface area contributed by atoms with Crippen LogP contribution in [-0.4, -0.2) is 33.4 Å². The molecule has 1 N–H and O–H groups in total. The molecular weight excluding hydrogens is 256 g/mol. The molecule has 108 valence electrons. The topological polar surface area (TPSA) is 70.5 Å². The van der Waals surface area contributed by atoms with Crippen molar-refractivity contribution in [1.29, 1.82) is 0 Å². The van der Waals surface area contributed by atoms with E-state index >= 15 is 0 Å². The Hall–Kier alpha value is -1.91. The van der Waals surface area contributed by atoms with Gasteiger partial charge in [-0.2, -0.15) is 0 Å². The normalized spacial score (nSPS) is 22.6. The molecule has 0 saturated carbocycles. The lowest BCUT2D eigenvalue weighted by atomic mass is 9.96. The van der Waals surface area contributed by atoms with E-state index in [1.165, 1.54) is 0 Å². The minimum atomic E-state index is -0.933. The van der Waals surface area contributed by atoms with Gasteiger partial charge >= 0.3 is 5.97 Å². The molecule has 5 nitrogen and oxygen atoms in total. The quantitative estimate of drug-likeness (QED) is 0.913. The Labute approximate surface area is 118 Å². The highest BCUT2D eigenvalue weighted by molar-refractivity contribution is 5.87. The summed E-state index contributed by atoms with van der Waals surface area (Å²) in [6.07, 6.45) is 1.77. The van der Waals surface area contributed by atoms with Crippen molar-refractivity contribution < 1.29 is 14.7 Å². The molecule has 0 aliphatic carbocycles. The Balaban J connectivity index is 2.37. The van der Waals surface area contributed by atoms with Gasteiger partial charge in [0.05, 0.1) is 17.7 Å². The molecule has 20 heavy (non-hydrogen) atoms. The molecule has 1 aliphatic rings. The number of hydrogen-bond acceptors (Lipinski definition) is 3. The van der Waals surface area contributed by atoms with Gasteiger partial charge in [-0.05, 0) is 24.5 Å². The number of aryl methyl sites for hydroxylation is 1. The first-order valence-electron chi connectivity index (χ1n) is 6.85. The van der Waals surface area contributed by atoms with Gasteiger partial charge in [-0.3, -0.25) is 14.6 Å². The van der Waals surface area contributed by atoms with Gasteiger partial charge in [-0.1, -0.05) is 19.9 Å². The van der Waals surface area contributed by atoms with Crippen LogP contribution in [0.15, 0.2) is 18.3 Å². The number of carboxylic acid groups (broad SMARTS) is 1. The molecule has 0 bridgehead atoms. The van der Waals surface area contributed by atoms with E-state index in [0.717, 1.165) is 5.56 Å². The molecule has 2 unspecified atom stereocenters. The first kappa shape index (κ1) is 14.5. The molecule has 2 atom stereocenters. The number of aromatic nitrogens is 1. The third kappa shape index (κ3) is 2.81. The van der Waals surface area contributed by atoms with E-state index in [-0.39, 0.29) is 12.3 Å². The van der Waals surface area contributed by atoms with Crippen molar-refractivity contribution in [2.45, 2.75) is 33.2 Å². The number of carbonyl (C=O) groups excluding carboxylic acids is 1. The highest BCUT2D eigenvalue weighted by atomic mass is 16.4. The van der Waals surface area contributed by atoms with E-state index in [1.807, 2.05) is 32.9 Å². The van der Waals surface area contributed by atoms with Crippen LogP contribution < -0.4 is 0 Å². The van der Waals surface area contributed by atoms with Gasteiger partial charge in [0.2, 0.25) is 5.91 Å². The Morgan fingerprint density at radius 1 is 1.50 bits per heavy atom. The summed E-state index contributed by atoms with van der Waals surface area (Å²) < 4.78 is 0. The van der Waals surface area contributed by atoms with Crippen LogP contribution >= 0.6 is 0 Å². The van der Waals surface area contributed by atoms with E-state index in [4.69, 9.17) is 0 Å². The number of amides is 1. The highest BCUT2D eigenvalue weighted by Gasteiger charge is 2.45. The third-order valence-corrected chi connectivity index (χ3v) is 3.55. The predicted molar refractivity (Wildman–Crippen MR) is 74.0 cm³/mol. The van der Waals surface area contributed by atoms with Crippen LogP contribution in [0.4, 0.5) is 0 Å². The van der Waals surface area contributed by atoms with E-state index in [2.05, 4.69) is 4.98 Å². The number of pyridine rings is 1. The molecule has 2 heterocycles. The molecule has 5 heteroatoms.